The summed E-state index contributed by atoms with van der Waals surface area (Å²) in [6.07, 6.45) is 2.85. The van der Waals surface area contributed by atoms with Crippen molar-refractivity contribution < 1.29 is 19.0 Å². The van der Waals surface area contributed by atoms with E-state index in [0.29, 0.717) is 22.3 Å². The number of nitrogens with zero attached hydrogens (tertiary/aromatic N) is 2. The van der Waals surface area contributed by atoms with Gasteiger partial charge in [0.05, 0.1) is 16.8 Å². The predicted octanol–water partition coefficient (Wildman–Crippen LogP) is 9.24. The summed E-state index contributed by atoms with van der Waals surface area (Å²) < 4.78 is 31.8. The number of para-hydroxylation sites is 2. The molecule has 0 heterocycles. The van der Waals surface area contributed by atoms with Gasteiger partial charge in [-0.1, -0.05) is 84.9 Å². The molecule has 0 spiro atoms. The van der Waals surface area contributed by atoms with Crippen molar-refractivity contribution in [3.63, 3.8) is 0 Å². The number of phenolic OH excluding ortho intramolecular Hbond substituents is 2. The Morgan fingerprint density at radius 1 is 0.489 bits per heavy atom. The number of halogens is 2. The van der Waals surface area contributed by atoms with Crippen LogP contribution in [0.2, 0.25) is 0 Å². The Morgan fingerprint density at radius 3 is 1.31 bits per heavy atom. The van der Waals surface area contributed by atoms with Gasteiger partial charge < -0.3 is 10.2 Å². The quantitative estimate of drug-likeness (QED) is 0.189. The first-order valence-electron chi connectivity index (χ1n) is 14.4. The second kappa shape index (κ2) is 11.3. The van der Waals surface area contributed by atoms with Gasteiger partial charge in [-0.15, -0.1) is 0 Å². The van der Waals surface area contributed by atoms with Crippen LogP contribution in [0.1, 0.15) is 33.4 Å². The molecule has 0 fully saturated rings. The van der Waals surface area contributed by atoms with Crippen molar-refractivity contribution in [2.24, 2.45) is 9.98 Å². The Kier molecular flexibility index (Phi) is 7.02. The van der Waals surface area contributed by atoms with E-state index in [1.54, 1.807) is 60.7 Å². The highest BCUT2D eigenvalue weighted by Gasteiger charge is 2.46. The minimum absolute atomic E-state index is 0.0479. The maximum atomic E-state index is 15.9. The van der Waals surface area contributed by atoms with Crippen molar-refractivity contribution >= 4 is 23.8 Å². The third kappa shape index (κ3) is 4.77. The minimum Gasteiger partial charge on any atom is -0.507 e. The van der Waals surface area contributed by atoms with Crippen LogP contribution in [0.25, 0.3) is 11.1 Å². The van der Waals surface area contributed by atoms with Gasteiger partial charge in [0.2, 0.25) is 0 Å². The summed E-state index contributed by atoms with van der Waals surface area (Å²) in [7, 11) is 0. The van der Waals surface area contributed by atoms with Gasteiger partial charge in [-0.25, -0.2) is 8.78 Å². The van der Waals surface area contributed by atoms with Gasteiger partial charge in [-0.3, -0.25) is 9.98 Å². The fourth-order valence-electron chi connectivity index (χ4n) is 6.19. The monoisotopic (exact) mass is 592 g/mol. The van der Waals surface area contributed by atoms with Gasteiger partial charge in [0.25, 0.3) is 0 Å². The van der Waals surface area contributed by atoms with Crippen molar-refractivity contribution in [2.75, 3.05) is 0 Å². The van der Waals surface area contributed by atoms with Crippen LogP contribution in [-0.2, 0) is 5.41 Å². The highest BCUT2D eigenvalue weighted by atomic mass is 19.1. The van der Waals surface area contributed by atoms with Crippen molar-refractivity contribution in [3.8, 4) is 22.6 Å². The zero-order valence-corrected chi connectivity index (χ0v) is 23.9. The van der Waals surface area contributed by atoms with Crippen molar-refractivity contribution in [2.45, 2.75) is 5.41 Å². The molecule has 1 aliphatic rings. The van der Waals surface area contributed by atoms with Gasteiger partial charge >= 0.3 is 0 Å². The van der Waals surface area contributed by atoms with Gasteiger partial charge in [-0.2, -0.15) is 0 Å². The van der Waals surface area contributed by atoms with Crippen LogP contribution in [0.4, 0.5) is 20.2 Å². The Balaban J connectivity index is 1.39. The molecule has 1 aliphatic carbocycles. The zero-order chi connectivity index (χ0) is 31.0. The molecule has 0 saturated heterocycles. The third-order valence-electron chi connectivity index (χ3n) is 8.27. The van der Waals surface area contributed by atoms with Crippen LogP contribution in [0.5, 0.6) is 11.5 Å². The molecule has 0 amide bonds. The molecule has 0 atom stereocenters. The summed E-state index contributed by atoms with van der Waals surface area (Å²) >= 11 is 0. The summed E-state index contributed by atoms with van der Waals surface area (Å²) in [5.41, 5.74) is 5.13. The molecule has 45 heavy (non-hydrogen) atoms. The van der Waals surface area contributed by atoms with Gasteiger partial charge in [0, 0.05) is 23.6 Å². The lowest BCUT2D eigenvalue weighted by Gasteiger charge is -2.34. The van der Waals surface area contributed by atoms with Crippen molar-refractivity contribution in [3.05, 3.63) is 178 Å². The largest absolute Gasteiger partial charge is 0.507 e. The van der Waals surface area contributed by atoms with Crippen molar-refractivity contribution in [1.82, 2.24) is 0 Å². The molecule has 218 valence electrons. The Morgan fingerprint density at radius 2 is 0.889 bits per heavy atom. The fraction of sp³-hybridized carbons (Fsp3) is 0.0256. The summed E-state index contributed by atoms with van der Waals surface area (Å²) in [4.78, 5) is 8.62. The summed E-state index contributed by atoms with van der Waals surface area (Å²) in [6, 6.07) is 39.0. The molecule has 6 aromatic carbocycles. The second-order valence-corrected chi connectivity index (χ2v) is 10.8. The Labute approximate surface area is 259 Å². The van der Waals surface area contributed by atoms with Crippen LogP contribution in [0, 0.1) is 11.6 Å². The van der Waals surface area contributed by atoms with Gasteiger partial charge in [0.15, 0.2) is 0 Å². The first-order valence-corrected chi connectivity index (χ1v) is 14.4. The molecule has 0 unspecified atom stereocenters. The molecule has 0 aromatic heterocycles. The topological polar surface area (TPSA) is 65.2 Å². The van der Waals surface area contributed by atoms with E-state index in [9.17, 15) is 10.2 Å². The number of hydrogen-bond donors (Lipinski definition) is 2. The van der Waals surface area contributed by atoms with Crippen LogP contribution in [-0.4, -0.2) is 22.6 Å². The lowest BCUT2D eigenvalue weighted by molar-refractivity contribution is 0.474. The first kappa shape index (κ1) is 27.9. The molecule has 6 aromatic rings. The minimum atomic E-state index is -1.03. The van der Waals surface area contributed by atoms with Gasteiger partial charge in [0.1, 0.15) is 23.1 Å². The molecule has 0 bridgehead atoms. The van der Waals surface area contributed by atoms with E-state index in [1.807, 2.05) is 60.7 Å². The summed E-state index contributed by atoms with van der Waals surface area (Å²) in [5, 5.41) is 20.2. The zero-order valence-electron chi connectivity index (χ0n) is 23.9. The molecular formula is C39H26F2N2O2. The highest BCUT2D eigenvalue weighted by Crippen LogP contribution is 2.56. The van der Waals surface area contributed by atoms with Crippen LogP contribution < -0.4 is 0 Å². The summed E-state index contributed by atoms with van der Waals surface area (Å²) in [6.45, 7) is 0. The number of hydrogen-bond acceptors (Lipinski definition) is 4. The Hall–Kier alpha value is -5.88. The fourth-order valence-corrected chi connectivity index (χ4v) is 6.19. The van der Waals surface area contributed by atoms with E-state index in [2.05, 4.69) is 9.98 Å². The van der Waals surface area contributed by atoms with E-state index >= 15 is 8.78 Å². The normalized spacial score (nSPS) is 13.3. The number of fused-ring (bicyclic) bond motifs is 3. The Bertz CT molecular complexity index is 1980. The molecule has 6 heteroatoms. The first-order chi connectivity index (χ1) is 22.0. The average Bonchev–Trinajstić information content (AvgIpc) is 3.36. The standard InChI is InChI=1S/C39H26F2N2O2/c40-33-21-27(17-19-35(33)42-23-25-9-1-7-15-37(25)44)39(31-13-5-3-11-29(31)30-12-4-6-14-32(30)39)28-18-20-36(34(41)22-28)43-24-26-10-2-8-16-38(26)45/h1-24,44-45H. The lowest BCUT2D eigenvalue weighted by Crippen LogP contribution is -2.29. The number of benzene rings is 6. The van der Waals surface area contributed by atoms with Crippen LogP contribution in [0.15, 0.2) is 143 Å². The van der Waals surface area contributed by atoms with E-state index < -0.39 is 17.0 Å². The molecule has 2 N–H and O–H groups in total. The molecule has 0 radical (unpaired) electrons. The van der Waals surface area contributed by atoms with E-state index in [1.165, 1.54) is 24.6 Å². The number of phenols is 2. The van der Waals surface area contributed by atoms with E-state index in [-0.39, 0.29) is 22.9 Å². The van der Waals surface area contributed by atoms with Crippen molar-refractivity contribution in [1.29, 1.82) is 0 Å². The maximum absolute atomic E-state index is 15.9. The highest BCUT2D eigenvalue weighted by molar-refractivity contribution is 5.88. The maximum Gasteiger partial charge on any atom is 0.149 e. The van der Waals surface area contributed by atoms with Gasteiger partial charge in [-0.05, 0) is 81.9 Å². The SMILES string of the molecule is Oc1ccccc1C=Nc1ccc(C2(c3ccc(N=Cc4ccccc4O)c(F)c3)c3ccccc3-c3ccccc32)cc1F. The molecule has 7 rings (SSSR count). The summed E-state index contributed by atoms with van der Waals surface area (Å²) in [5.74, 6) is -1.01. The van der Waals surface area contributed by atoms with E-state index in [0.717, 1.165) is 22.3 Å². The number of aromatic hydroxyl groups is 2. The molecule has 4 nitrogen and oxygen atoms in total. The van der Waals surface area contributed by atoms with Crippen LogP contribution >= 0.6 is 0 Å². The number of rotatable bonds is 6. The molecule has 0 saturated carbocycles. The predicted molar refractivity (Wildman–Crippen MR) is 174 cm³/mol. The third-order valence-corrected chi connectivity index (χ3v) is 8.27. The average molecular weight is 593 g/mol. The molecule has 0 aliphatic heterocycles. The lowest BCUT2D eigenvalue weighted by atomic mass is 9.67. The molecular weight excluding hydrogens is 566 g/mol. The second-order valence-electron chi connectivity index (χ2n) is 10.8. The van der Waals surface area contributed by atoms with Crippen LogP contribution in [0.3, 0.4) is 0 Å². The smallest absolute Gasteiger partial charge is 0.149 e. The number of aliphatic imine (C=N–C) groups is 2. The van der Waals surface area contributed by atoms with E-state index in [4.69, 9.17) is 0 Å².